The zero-order valence-corrected chi connectivity index (χ0v) is 12.2. The second-order valence-electron chi connectivity index (χ2n) is 5.78. The van der Waals surface area contributed by atoms with Gasteiger partial charge in [-0.2, -0.15) is 0 Å². The lowest BCUT2D eigenvalue weighted by Crippen LogP contribution is -2.24. The van der Waals surface area contributed by atoms with Gasteiger partial charge in [0.2, 0.25) is 0 Å². The highest BCUT2D eigenvalue weighted by molar-refractivity contribution is 6.31. The van der Waals surface area contributed by atoms with Gasteiger partial charge in [-0.15, -0.1) is 0 Å². The molecule has 1 aliphatic heterocycles. The third-order valence-electron chi connectivity index (χ3n) is 3.95. The van der Waals surface area contributed by atoms with Crippen molar-refractivity contribution >= 4 is 17.3 Å². The summed E-state index contributed by atoms with van der Waals surface area (Å²) in [5.41, 5.74) is 8.42. The maximum Gasteiger partial charge on any atom is 0.0459 e. The van der Waals surface area contributed by atoms with Gasteiger partial charge in [-0.1, -0.05) is 31.5 Å². The third kappa shape index (κ3) is 2.81. The molecule has 0 saturated carbocycles. The molecule has 1 aromatic carbocycles. The lowest BCUT2D eigenvalue weighted by molar-refractivity contribution is 0.494. The molecule has 1 aromatic rings. The van der Waals surface area contributed by atoms with E-state index in [2.05, 4.69) is 24.8 Å². The quantitative estimate of drug-likeness (QED) is 0.909. The van der Waals surface area contributed by atoms with Crippen molar-refractivity contribution in [1.82, 2.24) is 0 Å². The van der Waals surface area contributed by atoms with E-state index in [1.54, 1.807) is 0 Å². The molecule has 0 radical (unpaired) electrons. The SMILES string of the molecule is CC(N)Cc1c(Cl)cccc1N1CC(C)C(C)C1. The van der Waals surface area contributed by atoms with E-state index in [4.69, 9.17) is 17.3 Å². The van der Waals surface area contributed by atoms with Crippen LogP contribution in [0.25, 0.3) is 0 Å². The van der Waals surface area contributed by atoms with Gasteiger partial charge in [-0.05, 0) is 42.9 Å². The van der Waals surface area contributed by atoms with Crippen molar-refractivity contribution in [2.75, 3.05) is 18.0 Å². The second kappa shape index (κ2) is 5.50. The fraction of sp³-hybridized carbons (Fsp3) is 0.600. The van der Waals surface area contributed by atoms with Gasteiger partial charge in [0.05, 0.1) is 0 Å². The normalized spacial score (nSPS) is 25.5. The van der Waals surface area contributed by atoms with Crippen LogP contribution in [0.15, 0.2) is 18.2 Å². The Hall–Kier alpha value is -0.730. The molecular formula is C15H23ClN2. The van der Waals surface area contributed by atoms with E-state index in [-0.39, 0.29) is 6.04 Å². The number of nitrogens with zero attached hydrogens (tertiary/aromatic N) is 1. The molecule has 0 aromatic heterocycles. The molecule has 0 amide bonds. The molecule has 2 nitrogen and oxygen atoms in total. The topological polar surface area (TPSA) is 29.3 Å². The second-order valence-corrected chi connectivity index (χ2v) is 6.19. The highest BCUT2D eigenvalue weighted by atomic mass is 35.5. The van der Waals surface area contributed by atoms with Crippen LogP contribution in [0.2, 0.25) is 5.02 Å². The van der Waals surface area contributed by atoms with Crippen LogP contribution < -0.4 is 10.6 Å². The maximum absolute atomic E-state index is 6.34. The van der Waals surface area contributed by atoms with Crippen molar-refractivity contribution in [2.45, 2.75) is 33.2 Å². The first-order chi connectivity index (χ1) is 8.49. The molecule has 3 heteroatoms. The van der Waals surface area contributed by atoms with Crippen molar-refractivity contribution in [1.29, 1.82) is 0 Å². The number of hydrogen-bond acceptors (Lipinski definition) is 2. The summed E-state index contributed by atoms with van der Waals surface area (Å²) in [5.74, 6) is 1.49. The standard InChI is InChI=1S/C15H23ClN2/c1-10-8-18(9-11(10)2)15-6-4-5-14(16)13(15)7-12(3)17/h4-6,10-12H,7-9,17H2,1-3H3. The molecule has 2 N–H and O–H groups in total. The summed E-state index contributed by atoms with van der Waals surface area (Å²) < 4.78 is 0. The van der Waals surface area contributed by atoms with E-state index in [9.17, 15) is 0 Å². The Morgan fingerprint density at radius 2 is 1.94 bits per heavy atom. The molecule has 1 aliphatic rings. The zero-order chi connectivity index (χ0) is 13.3. The van der Waals surface area contributed by atoms with Crippen LogP contribution >= 0.6 is 11.6 Å². The Kier molecular flexibility index (Phi) is 4.18. The fourth-order valence-corrected chi connectivity index (χ4v) is 2.94. The molecule has 3 atom stereocenters. The first-order valence-electron chi connectivity index (χ1n) is 6.77. The lowest BCUT2D eigenvalue weighted by Gasteiger charge is -2.23. The van der Waals surface area contributed by atoms with Crippen molar-refractivity contribution in [3.63, 3.8) is 0 Å². The third-order valence-corrected chi connectivity index (χ3v) is 4.30. The fourth-order valence-electron chi connectivity index (χ4n) is 2.69. The van der Waals surface area contributed by atoms with Gasteiger partial charge in [0, 0.05) is 29.8 Å². The molecule has 0 bridgehead atoms. The summed E-state index contributed by atoms with van der Waals surface area (Å²) in [5, 5.41) is 0.844. The first-order valence-corrected chi connectivity index (χ1v) is 7.14. The van der Waals surface area contributed by atoms with Gasteiger partial charge in [0.1, 0.15) is 0 Å². The Morgan fingerprint density at radius 3 is 2.50 bits per heavy atom. The van der Waals surface area contributed by atoms with Crippen molar-refractivity contribution in [3.8, 4) is 0 Å². The Bertz CT molecular complexity index is 407. The first kappa shape index (κ1) is 13.7. The van der Waals surface area contributed by atoms with Crippen LogP contribution in [0.3, 0.4) is 0 Å². The Morgan fingerprint density at radius 1 is 1.33 bits per heavy atom. The molecular weight excluding hydrogens is 244 g/mol. The lowest BCUT2D eigenvalue weighted by atomic mass is 10.0. The Labute approximate surface area is 115 Å². The van der Waals surface area contributed by atoms with E-state index in [0.29, 0.717) is 0 Å². The van der Waals surface area contributed by atoms with Crippen LogP contribution in [-0.4, -0.2) is 19.1 Å². The highest BCUT2D eigenvalue weighted by Crippen LogP contribution is 2.33. The molecule has 1 heterocycles. The largest absolute Gasteiger partial charge is 0.371 e. The monoisotopic (exact) mass is 266 g/mol. The summed E-state index contributed by atoms with van der Waals surface area (Å²) in [6, 6.07) is 6.32. The van der Waals surface area contributed by atoms with Crippen LogP contribution in [0, 0.1) is 11.8 Å². The minimum atomic E-state index is 0.140. The van der Waals surface area contributed by atoms with Crippen LogP contribution in [0.4, 0.5) is 5.69 Å². The van der Waals surface area contributed by atoms with Gasteiger partial charge in [-0.25, -0.2) is 0 Å². The number of halogens is 1. The molecule has 1 saturated heterocycles. The van der Waals surface area contributed by atoms with Gasteiger partial charge >= 0.3 is 0 Å². The summed E-state index contributed by atoms with van der Waals surface area (Å²) in [6.07, 6.45) is 0.842. The summed E-state index contributed by atoms with van der Waals surface area (Å²) in [6.45, 7) is 8.91. The number of hydrogen-bond donors (Lipinski definition) is 1. The molecule has 100 valence electrons. The highest BCUT2D eigenvalue weighted by Gasteiger charge is 2.27. The number of rotatable bonds is 3. The minimum Gasteiger partial charge on any atom is -0.371 e. The minimum absolute atomic E-state index is 0.140. The van der Waals surface area contributed by atoms with Gasteiger partial charge in [0.15, 0.2) is 0 Å². The predicted molar refractivity (Wildman–Crippen MR) is 79.3 cm³/mol. The van der Waals surface area contributed by atoms with Gasteiger partial charge in [0.25, 0.3) is 0 Å². The smallest absolute Gasteiger partial charge is 0.0459 e. The molecule has 3 unspecified atom stereocenters. The molecule has 0 spiro atoms. The average Bonchev–Trinajstić information content (AvgIpc) is 2.61. The summed E-state index contributed by atoms with van der Waals surface area (Å²) >= 11 is 6.34. The van der Waals surface area contributed by atoms with E-state index in [1.807, 2.05) is 19.1 Å². The summed E-state index contributed by atoms with van der Waals surface area (Å²) in [7, 11) is 0. The van der Waals surface area contributed by atoms with Crippen LogP contribution in [-0.2, 0) is 6.42 Å². The van der Waals surface area contributed by atoms with E-state index < -0.39 is 0 Å². The molecule has 2 rings (SSSR count). The number of anilines is 1. The van der Waals surface area contributed by atoms with Crippen molar-refractivity contribution in [2.24, 2.45) is 17.6 Å². The summed E-state index contributed by atoms with van der Waals surface area (Å²) in [4.78, 5) is 2.46. The molecule has 0 aliphatic carbocycles. The molecule has 18 heavy (non-hydrogen) atoms. The van der Waals surface area contributed by atoms with E-state index in [0.717, 1.165) is 36.4 Å². The number of benzene rings is 1. The van der Waals surface area contributed by atoms with Crippen molar-refractivity contribution in [3.05, 3.63) is 28.8 Å². The van der Waals surface area contributed by atoms with Crippen LogP contribution in [0.5, 0.6) is 0 Å². The zero-order valence-electron chi connectivity index (χ0n) is 11.5. The van der Waals surface area contributed by atoms with Crippen molar-refractivity contribution < 1.29 is 0 Å². The van der Waals surface area contributed by atoms with Gasteiger partial charge < -0.3 is 10.6 Å². The Balaban J connectivity index is 2.30. The maximum atomic E-state index is 6.34. The van der Waals surface area contributed by atoms with E-state index >= 15 is 0 Å². The average molecular weight is 267 g/mol. The van der Waals surface area contributed by atoms with Crippen LogP contribution in [0.1, 0.15) is 26.3 Å². The predicted octanol–water partition coefficient (Wildman–Crippen LogP) is 3.32. The number of nitrogens with two attached hydrogens (primary N) is 1. The molecule has 1 fully saturated rings. The van der Waals surface area contributed by atoms with Gasteiger partial charge in [-0.3, -0.25) is 0 Å². The van der Waals surface area contributed by atoms with E-state index in [1.165, 1.54) is 11.3 Å².